The molecule has 3 heterocycles. The summed E-state index contributed by atoms with van der Waals surface area (Å²) in [4.78, 5) is 4.79. The zero-order valence-corrected chi connectivity index (χ0v) is 11.5. The normalized spacial score (nSPS) is 13.7. The van der Waals surface area contributed by atoms with Crippen LogP contribution in [0.15, 0.2) is 33.5 Å². The highest BCUT2D eigenvalue weighted by Gasteiger charge is 2.24. The van der Waals surface area contributed by atoms with Gasteiger partial charge in [0.2, 0.25) is 0 Å². The van der Waals surface area contributed by atoms with Crippen LogP contribution in [0.4, 0.5) is 0 Å². The summed E-state index contributed by atoms with van der Waals surface area (Å²) in [5.41, 5.74) is 5.73. The SMILES string of the molecule is Cc1cc(Br)cn2c3c(nc12)-c1ccoc1CC3. The van der Waals surface area contributed by atoms with Crippen molar-refractivity contribution < 1.29 is 4.42 Å². The van der Waals surface area contributed by atoms with Gasteiger partial charge in [0.25, 0.3) is 0 Å². The monoisotopic (exact) mass is 302 g/mol. The first-order valence-electron chi connectivity index (χ1n) is 5.98. The summed E-state index contributed by atoms with van der Waals surface area (Å²) >= 11 is 3.55. The molecule has 1 aliphatic carbocycles. The number of furan rings is 1. The highest BCUT2D eigenvalue weighted by molar-refractivity contribution is 9.10. The summed E-state index contributed by atoms with van der Waals surface area (Å²) in [6, 6.07) is 4.12. The van der Waals surface area contributed by atoms with E-state index in [1.165, 1.54) is 11.3 Å². The number of aromatic nitrogens is 2. The number of hydrogen-bond acceptors (Lipinski definition) is 2. The lowest BCUT2D eigenvalue weighted by atomic mass is 9.99. The number of rotatable bonds is 0. The van der Waals surface area contributed by atoms with Gasteiger partial charge in [-0.05, 0) is 47.0 Å². The Hall–Kier alpha value is -1.55. The highest BCUT2D eigenvalue weighted by Crippen LogP contribution is 2.35. The zero-order chi connectivity index (χ0) is 12.3. The van der Waals surface area contributed by atoms with E-state index in [1.54, 1.807) is 6.26 Å². The third-order valence-electron chi connectivity index (χ3n) is 3.56. The van der Waals surface area contributed by atoms with E-state index in [0.717, 1.165) is 40.0 Å². The molecule has 4 heteroatoms. The molecule has 18 heavy (non-hydrogen) atoms. The zero-order valence-electron chi connectivity index (χ0n) is 9.90. The van der Waals surface area contributed by atoms with Crippen LogP contribution < -0.4 is 0 Å². The summed E-state index contributed by atoms with van der Waals surface area (Å²) in [5, 5.41) is 0. The number of aryl methyl sites for hydroxylation is 3. The minimum Gasteiger partial charge on any atom is -0.469 e. The van der Waals surface area contributed by atoms with Crippen molar-refractivity contribution in [2.75, 3.05) is 0 Å². The van der Waals surface area contributed by atoms with Crippen LogP contribution in [0.3, 0.4) is 0 Å². The molecule has 0 saturated carbocycles. The second kappa shape index (κ2) is 3.48. The molecule has 0 aromatic carbocycles. The average molecular weight is 303 g/mol. The van der Waals surface area contributed by atoms with E-state index in [4.69, 9.17) is 9.40 Å². The van der Waals surface area contributed by atoms with E-state index in [9.17, 15) is 0 Å². The molecule has 0 unspecified atom stereocenters. The Bertz CT molecular complexity index is 770. The van der Waals surface area contributed by atoms with E-state index in [-0.39, 0.29) is 0 Å². The largest absolute Gasteiger partial charge is 0.469 e. The van der Waals surface area contributed by atoms with Crippen LogP contribution in [-0.2, 0) is 12.8 Å². The van der Waals surface area contributed by atoms with Crippen LogP contribution in [0.5, 0.6) is 0 Å². The van der Waals surface area contributed by atoms with E-state index in [0.29, 0.717) is 0 Å². The van der Waals surface area contributed by atoms with Crippen LogP contribution in [-0.4, -0.2) is 9.38 Å². The first kappa shape index (κ1) is 10.4. The lowest BCUT2D eigenvalue weighted by molar-refractivity contribution is 0.505. The Morgan fingerprint density at radius 2 is 2.28 bits per heavy atom. The van der Waals surface area contributed by atoms with Gasteiger partial charge in [0, 0.05) is 22.7 Å². The summed E-state index contributed by atoms with van der Waals surface area (Å²) in [5.74, 6) is 1.06. The minimum atomic E-state index is 0.953. The van der Waals surface area contributed by atoms with Crippen molar-refractivity contribution in [3.05, 3.63) is 46.1 Å². The summed E-state index contributed by atoms with van der Waals surface area (Å²) in [6.07, 6.45) is 5.79. The van der Waals surface area contributed by atoms with E-state index in [1.807, 2.05) is 6.07 Å². The molecule has 3 nitrogen and oxygen atoms in total. The number of pyridine rings is 1. The minimum absolute atomic E-state index is 0.953. The number of hydrogen-bond donors (Lipinski definition) is 0. The van der Waals surface area contributed by atoms with Crippen molar-refractivity contribution in [2.45, 2.75) is 19.8 Å². The van der Waals surface area contributed by atoms with Gasteiger partial charge in [-0.3, -0.25) is 0 Å². The van der Waals surface area contributed by atoms with Gasteiger partial charge < -0.3 is 8.82 Å². The van der Waals surface area contributed by atoms with Gasteiger partial charge in [0.15, 0.2) is 0 Å². The topological polar surface area (TPSA) is 30.4 Å². The molecule has 90 valence electrons. The van der Waals surface area contributed by atoms with Crippen LogP contribution in [0, 0.1) is 6.92 Å². The Kier molecular flexibility index (Phi) is 2.01. The van der Waals surface area contributed by atoms with Crippen molar-refractivity contribution in [1.29, 1.82) is 0 Å². The molecule has 4 rings (SSSR count). The number of fused-ring (bicyclic) bond motifs is 5. The van der Waals surface area contributed by atoms with Gasteiger partial charge in [-0.15, -0.1) is 0 Å². The second-order valence-electron chi connectivity index (χ2n) is 4.70. The van der Waals surface area contributed by atoms with Crippen LogP contribution >= 0.6 is 15.9 Å². The Morgan fingerprint density at radius 1 is 1.39 bits per heavy atom. The number of halogens is 1. The van der Waals surface area contributed by atoms with Crippen LogP contribution in [0.1, 0.15) is 17.0 Å². The summed E-state index contributed by atoms with van der Waals surface area (Å²) in [7, 11) is 0. The molecule has 0 amide bonds. The quantitative estimate of drug-likeness (QED) is 0.633. The third kappa shape index (κ3) is 1.27. The van der Waals surface area contributed by atoms with E-state index < -0.39 is 0 Å². The maximum atomic E-state index is 5.50. The first-order chi connectivity index (χ1) is 8.74. The smallest absolute Gasteiger partial charge is 0.140 e. The van der Waals surface area contributed by atoms with Crippen molar-refractivity contribution in [3.63, 3.8) is 0 Å². The van der Waals surface area contributed by atoms with Crippen molar-refractivity contribution >= 4 is 21.6 Å². The maximum Gasteiger partial charge on any atom is 0.140 e. The van der Waals surface area contributed by atoms with Crippen molar-refractivity contribution in [2.24, 2.45) is 0 Å². The molecular formula is C14H11BrN2O. The molecule has 0 radical (unpaired) electrons. The van der Waals surface area contributed by atoms with Gasteiger partial charge in [-0.2, -0.15) is 0 Å². The molecule has 0 fully saturated rings. The molecule has 0 saturated heterocycles. The van der Waals surface area contributed by atoms with Gasteiger partial charge >= 0.3 is 0 Å². The standard InChI is InChI=1S/C14H11BrN2O/c1-8-6-9(15)7-17-11-2-3-12-10(4-5-18-12)13(11)16-14(8)17/h4-7H,2-3H2,1H3. The third-order valence-corrected chi connectivity index (χ3v) is 3.99. The Morgan fingerprint density at radius 3 is 3.17 bits per heavy atom. The fourth-order valence-corrected chi connectivity index (χ4v) is 3.30. The van der Waals surface area contributed by atoms with E-state index >= 15 is 0 Å². The summed E-state index contributed by atoms with van der Waals surface area (Å²) < 4.78 is 8.79. The molecule has 0 aliphatic heterocycles. The number of imidazole rings is 1. The van der Waals surface area contributed by atoms with Crippen molar-refractivity contribution in [1.82, 2.24) is 9.38 Å². The second-order valence-corrected chi connectivity index (χ2v) is 5.62. The predicted molar refractivity (Wildman–Crippen MR) is 72.7 cm³/mol. The lowest BCUT2D eigenvalue weighted by Crippen LogP contribution is -2.03. The molecule has 0 spiro atoms. The molecule has 1 aliphatic rings. The average Bonchev–Trinajstić information content (AvgIpc) is 2.91. The Balaban J connectivity index is 2.13. The number of nitrogens with zero attached hydrogens (tertiary/aromatic N) is 2. The van der Waals surface area contributed by atoms with Crippen LogP contribution in [0.2, 0.25) is 0 Å². The van der Waals surface area contributed by atoms with Crippen molar-refractivity contribution in [3.8, 4) is 11.3 Å². The lowest BCUT2D eigenvalue weighted by Gasteiger charge is -2.10. The van der Waals surface area contributed by atoms with E-state index in [2.05, 4.69) is 39.5 Å². The van der Waals surface area contributed by atoms with Crippen LogP contribution in [0.25, 0.3) is 16.9 Å². The van der Waals surface area contributed by atoms with Gasteiger partial charge in [0.05, 0.1) is 17.7 Å². The molecule has 0 atom stereocenters. The van der Waals surface area contributed by atoms with Gasteiger partial charge in [0.1, 0.15) is 11.4 Å². The highest BCUT2D eigenvalue weighted by atomic mass is 79.9. The molecular weight excluding hydrogens is 292 g/mol. The maximum absolute atomic E-state index is 5.50. The molecule has 0 N–H and O–H groups in total. The summed E-state index contributed by atoms with van der Waals surface area (Å²) in [6.45, 7) is 2.09. The Labute approximate surface area is 113 Å². The molecule has 3 aromatic rings. The first-order valence-corrected chi connectivity index (χ1v) is 6.77. The van der Waals surface area contributed by atoms with Gasteiger partial charge in [-0.25, -0.2) is 4.98 Å². The fraction of sp³-hybridized carbons (Fsp3) is 0.214. The molecule has 3 aromatic heterocycles. The molecule has 0 bridgehead atoms. The van der Waals surface area contributed by atoms with Gasteiger partial charge in [-0.1, -0.05) is 0 Å². The fourth-order valence-electron chi connectivity index (χ4n) is 2.75. The predicted octanol–water partition coefficient (Wildman–Crippen LogP) is 3.76.